The van der Waals surface area contributed by atoms with E-state index in [4.69, 9.17) is 21.2 Å². The summed E-state index contributed by atoms with van der Waals surface area (Å²) in [5, 5.41) is 35.7. The first kappa shape index (κ1) is 30.1. The highest BCUT2D eigenvalue weighted by Crippen LogP contribution is 2.56. The highest BCUT2D eigenvalue weighted by atomic mass is 35.5. The van der Waals surface area contributed by atoms with Crippen LogP contribution in [0.5, 0.6) is 11.5 Å². The molecule has 0 saturated carbocycles. The fourth-order valence-corrected chi connectivity index (χ4v) is 6.96. The molecule has 13 heteroatoms. The Morgan fingerprint density at radius 1 is 0.956 bits per heavy atom. The number of hydrogen-bond acceptors (Lipinski definition) is 11. The topological polar surface area (TPSA) is 193 Å². The van der Waals surface area contributed by atoms with Crippen molar-refractivity contribution in [3.8, 4) is 11.5 Å². The van der Waals surface area contributed by atoms with E-state index in [0.29, 0.717) is 6.61 Å². The van der Waals surface area contributed by atoms with Crippen LogP contribution in [0.15, 0.2) is 41.3 Å². The van der Waals surface area contributed by atoms with Crippen LogP contribution in [-0.2, 0) is 16.7 Å². The number of fused-ring (bicyclic) bond motifs is 4. The number of ether oxygens (including phenoxy) is 1. The van der Waals surface area contributed by atoms with Crippen molar-refractivity contribution in [1.82, 2.24) is 4.98 Å². The van der Waals surface area contributed by atoms with Crippen LogP contribution in [0.3, 0.4) is 0 Å². The molecule has 4 aliphatic rings. The molecule has 0 radical (unpaired) electrons. The molecule has 0 bridgehead atoms. The Morgan fingerprint density at radius 2 is 1.64 bits per heavy atom. The van der Waals surface area contributed by atoms with E-state index in [1.54, 1.807) is 0 Å². The molecule has 45 heavy (non-hydrogen) atoms. The number of nitrogens with one attached hydrogen (secondary N) is 1. The average molecular weight is 635 g/mol. The van der Waals surface area contributed by atoms with E-state index in [-0.39, 0.29) is 45.5 Å². The van der Waals surface area contributed by atoms with Gasteiger partial charge in [0.05, 0.1) is 50.3 Å². The van der Waals surface area contributed by atoms with Crippen LogP contribution in [0.4, 0.5) is 0 Å². The van der Waals surface area contributed by atoms with Gasteiger partial charge >= 0.3 is 0 Å². The Balaban J connectivity index is 1.58. The van der Waals surface area contributed by atoms with Crippen molar-refractivity contribution < 1.29 is 24.9 Å². The Bertz CT molecular complexity index is 2440. The quantitative estimate of drug-likeness (QED) is 0.124. The largest absolute Gasteiger partial charge is 0.510 e. The maximum Gasteiger partial charge on any atom is 0.260 e. The molecule has 0 amide bonds. The zero-order valence-electron chi connectivity index (χ0n) is 24.2. The van der Waals surface area contributed by atoms with Crippen molar-refractivity contribution in [2.24, 2.45) is 5.16 Å². The number of aliphatic hydroxyl groups excluding tert-OH is 2. The Hall–Kier alpha value is -4.97. The SMILES string of the molecule is CCCCCCO/N=C/c1cc2c(Cl)c3c(c(O)c2c(=O)[nH]1)[C@@]1(CC3)C(O)=c2c(=O)c3c(=O)cc(OC)c(=O)c=3c(=O)c2=C1O. The third kappa shape index (κ3) is 4.12. The van der Waals surface area contributed by atoms with Gasteiger partial charge in [0.25, 0.3) is 5.56 Å². The van der Waals surface area contributed by atoms with Crippen LogP contribution in [0.1, 0.15) is 55.8 Å². The molecule has 1 heterocycles. The van der Waals surface area contributed by atoms with Crippen molar-refractivity contribution in [3.63, 3.8) is 0 Å². The molecule has 1 spiro atoms. The molecule has 4 aliphatic carbocycles. The molecule has 1 aromatic heterocycles. The fourth-order valence-electron chi connectivity index (χ4n) is 6.62. The number of pyridine rings is 1. The standard InChI is InChI=1S/C32H27ClN2O10/c1-3-4-5-6-9-45-34-12-13-10-15-18(31(43)35-13)28(40)23-14(24(15)33)7-8-32(23)29(41)21-22(30(32)42)27(39)20-19(26(21)38)16(36)11-17(44-2)25(20)37/h10-12,40-42H,3-9H2,1-2H3,(H,35,43)/b34-12+/t32-/m0/s1. The summed E-state index contributed by atoms with van der Waals surface area (Å²) in [5.74, 6) is -2.71. The summed E-state index contributed by atoms with van der Waals surface area (Å²) in [6.45, 7) is 2.50. The van der Waals surface area contributed by atoms with E-state index in [2.05, 4.69) is 17.1 Å². The average Bonchev–Trinajstić information content (AvgIpc) is 3.52. The van der Waals surface area contributed by atoms with Gasteiger partial charge in [-0.3, -0.25) is 24.0 Å². The van der Waals surface area contributed by atoms with Crippen molar-refractivity contribution in [3.05, 3.63) is 106 Å². The van der Waals surface area contributed by atoms with Gasteiger partial charge in [0.1, 0.15) is 29.3 Å². The molecule has 12 nitrogen and oxygen atoms in total. The van der Waals surface area contributed by atoms with Crippen LogP contribution in [0, 0.1) is 10.4 Å². The minimum absolute atomic E-state index is 0.0377. The number of aromatic nitrogens is 1. The van der Waals surface area contributed by atoms with E-state index in [1.165, 1.54) is 12.3 Å². The molecular formula is C32H27ClN2O10. The lowest BCUT2D eigenvalue weighted by Gasteiger charge is -2.27. The summed E-state index contributed by atoms with van der Waals surface area (Å²) in [4.78, 5) is 74.1. The summed E-state index contributed by atoms with van der Waals surface area (Å²) in [6.07, 6.45) is 5.18. The highest BCUT2D eigenvalue weighted by molar-refractivity contribution is 6.37. The van der Waals surface area contributed by atoms with Crippen LogP contribution in [-0.4, -0.2) is 40.2 Å². The molecule has 0 saturated heterocycles. The van der Waals surface area contributed by atoms with Gasteiger partial charge in [-0.15, -0.1) is 0 Å². The van der Waals surface area contributed by atoms with Crippen molar-refractivity contribution in [2.45, 2.75) is 50.9 Å². The summed E-state index contributed by atoms with van der Waals surface area (Å²) < 4.78 is 4.90. The minimum Gasteiger partial charge on any atom is -0.510 e. The summed E-state index contributed by atoms with van der Waals surface area (Å²) in [5.41, 5.74) is -6.79. The number of aromatic hydroxyl groups is 1. The zero-order valence-corrected chi connectivity index (χ0v) is 25.0. The van der Waals surface area contributed by atoms with E-state index in [9.17, 15) is 39.3 Å². The first-order valence-electron chi connectivity index (χ1n) is 14.3. The van der Waals surface area contributed by atoms with Crippen LogP contribution in [0.25, 0.3) is 22.3 Å². The number of phenolic OH excluding ortho intramolecular Hbond substituents is 1. The maximum absolute atomic E-state index is 13.6. The lowest BCUT2D eigenvalue weighted by atomic mass is 9.78. The monoisotopic (exact) mass is 634 g/mol. The second-order valence-corrected chi connectivity index (χ2v) is 11.5. The lowest BCUT2D eigenvalue weighted by molar-refractivity contribution is 0.141. The normalized spacial score (nSPS) is 17.2. The number of halogens is 1. The number of hydrogen-bond donors (Lipinski definition) is 4. The second-order valence-electron chi connectivity index (χ2n) is 11.2. The Labute approximate surface area is 257 Å². The van der Waals surface area contributed by atoms with Gasteiger partial charge in [0, 0.05) is 17.0 Å². The molecule has 1 aromatic carbocycles. The molecule has 0 fully saturated rings. The highest BCUT2D eigenvalue weighted by Gasteiger charge is 2.53. The van der Waals surface area contributed by atoms with E-state index in [0.717, 1.165) is 38.9 Å². The molecule has 0 aliphatic heterocycles. The number of unbranched alkanes of at least 4 members (excludes halogenated alkanes) is 3. The van der Waals surface area contributed by atoms with Crippen LogP contribution >= 0.6 is 11.6 Å². The number of rotatable bonds is 8. The maximum atomic E-state index is 13.6. The van der Waals surface area contributed by atoms with E-state index >= 15 is 0 Å². The van der Waals surface area contributed by atoms with Crippen LogP contribution in [0.2, 0.25) is 5.02 Å². The van der Waals surface area contributed by atoms with E-state index < -0.39 is 76.6 Å². The summed E-state index contributed by atoms with van der Waals surface area (Å²) in [6, 6.07) is 2.26. The van der Waals surface area contributed by atoms with Gasteiger partial charge in [-0.05, 0) is 37.3 Å². The molecule has 1 atom stereocenters. The smallest absolute Gasteiger partial charge is 0.260 e. The molecule has 2 aromatic rings. The summed E-state index contributed by atoms with van der Waals surface area (Å²) in [7, 11) is 1.11. The van der Waals surface area contributed by atoms with Gasteiger partial charge in [-0.2, -0.15) is 0 Å². The number of H-pyrrole nitrogens is 1. The Morgan fingerprint density at radius 3 is 2.31 bits per heavy atom. The first-order chi connectivity index (χ1) is 21.5. The number of methoxy groups -OCH3 is 1. The van der Waals surface area contributed by atoms with Crippen molar-refractivity contribution in [2.75, 3.05) is 13.7 Å². The predicted molar refractivity (Wildman–Crippen MR) is 166 cm³/mol. The van der Waals surface area contributed by atoms with Gasteiger partial charge < -0.3 is 29.9 Å². The number of aliphatic hydroxyl groups is 2. The first-order valence-corrected chi connectivity index (χ1v) is 14.7. The van der Waals surface area contributed by atoms with Gasteiger partial charge in [-0.25, -0.2) is 0 Å². The van der Waals surface area contributed by atoms with Crippen LogP contribution < -0.4 is 42.4 Å². The van der Waals surface area contributed by atoms with Crippen molar-refractivity contribution in [1.29, 1.82) is 0 Å². The third-order valence-corrected chi connectivity index (χ3v) is 9.16. The van der Waals surface area contributed by atoms with Gasteiger partial charge in [0.15, 0.2) is 11.2 Å². The predicted octanol–water partition coefficient (Wildman–Crippen LogP) is 1.10. The third-order valence-electron chi connectivity index (χ3n) is 8.73. The molecule has 0 unspecified atom stereocenters. The zero-order chi connectivity index (χ0) is 32.4. The molecular weight excluding hydrogens is 608 g/mol. The number of nitrogens with zero attached hydrogens (tertiary/aromatic N) is 1. The lowest BCUT2D eigenvalue weighted by Crippen LogP contribution is -2.51. The molecule has 232 valence electrons. The number of aromatic amines is 1. The summed E-state index contributed by atoms with van der Waals surface area (Å²) >= 11 is 6.78. The van der Waals surface area contributed by atoms with Crippen molar-refractivity contribution >= 4 is 40.1 Å². The minimum atomic E-state index is -2.05. The molecule has 6 rings (SSSR count). The molecule has 4 N–H and O–H groups in total. The number of oxime groups is 1. The number of phenols is 1. The fraction of sp³-hybridized carbons (Fsp3) is 0.312. The van der Waals surface area contributed by atoms with Gasteiger partial charge in [-0.1, -0.05) is 36.5 Å². The van der Waals surface area contributed by atoms with E-state index in [1.807, 2.05) is 0 Å². The second kappa shape index (κ2) is 10.9. The Kier molecular flexibility index (Phi) is 7.27. The van der Waals surface area contributed by atoms with Gasteiger partial charge in [0.2, 0.25) is 16.3 Å². The number of benzene rings is 1.